The Hall–Kier alpha value is -0.960. The van der Waals surface area contributed by atoms with Crippen LogP contribution in [0.2, 0.25) is 0 Å². The normalized spacial score (nSPS) is 17.1. The van der Waals surface area contributed by atoms with Gasteiger partial charge >= 0.3 is 0 Å². The lowest BCUT2D eigenvalue weighted by molar-refractivity contribution is -0.115. The summed E-state index contributed by atoms with van der Waals surface area (Å²) in [7, 11) is 0. The second-order valence-electron chi connectivity index (χ2n) is 4.64. The van der Waals surface area contributed by atoms with Gasteiger partial charge in [-0.25, -0.2) is 4.98 Å². The molecule has 92 valence electrons. The second-order valence-corrected chi connectivity index (χ2v) is 5.70. The molecular weight excluding hydrogens is 230 g/mol. The maximum Gasteiger partial charge on any atom is 0.164 e. The average Bonchev–Trinajstić information content (AvgIpc) is 2.63. The fourth-order valence-corrected chi connectivity index (χ4v) is 2.83. The molecule has 0 aromatic carbocycles. The Bertz CT molecular complexity index is 420. The summed E-state index contributed by atoms with van der Waals surface area (Å²) in [5, 5.41) is 3.04. The molecule has 17 heavy (non-hydrogen) atoms. The topological polar surface area (TPSA) is 30.0 Å². The van der Waals surface area contributed by atoms with E-state index in [1.165, 1.54) is 19.3 Å². The van der Waals surface area contributed by atoms with Crippen LogP contribution in [0.5, 0.6) is 0 Å². The Morgan fingerprint density at radius 1 is 1.35 bits per heavy atom. The van der Waals surface area contributed by atoms with Crippen LogP contribution in [0.3, 0.4) is 0 Å². The molecule has 0 amide bonds. The molecular formula is C14H19NOS. The highest BCUT2D eigenvalue weighted by Gasteiger charge is 2.12. The Morgan fingerprint density at radius 3 is 2.94 bits per heavy atom. The highest BCUT2D eigenvalue weighted by molar-refractivity contribution is 7.09. The first-order valence-electron chi connectivity index (χ1n) is 6.39. The molecule has 2 rings (SSSR count). The number of hydrogen-bond donors (Lipinski definition) is 0. The van der Waals surface area contributed by atoms with Gasteiger partial charge < -0.3 is 0 Å². The van der Waals surface area contributed by atoms with Crippen molar-refractivity contribution >= 4 is 17.1 Å². The number of carbonyl (C=O) groups excluding carboxylic acids is 1. The van der Waals surface area contributed by atoms with Crippen molar-refractivity contribution in [2.45, 2.75) is 51.9 Å². The van der Waals surface area contributed by atoms with E-state index in [0.717, 1.165) is 35.5 Å². The zero-order valence-electron chi connectivity index (χ0n) is 10.4. The lowest BCUT2D eigenvalue weighted by Gasteiger charge is -2.09. The van der Waals surface area contributed by atoms with Gasteiger partial charge in [-0.3, -0.25) is 4.79 Å². The van der Waals surface area contributed by atoms with Gasteiger partial charge in [0.1, 0.15) is 0 Å². The van der Waals surface area contributed by atoms with Crippen LogP contribution in [0.25, 0.3) is 0 Å². The number of Topliss-reactive ketones (excluding diaryl/α,β-unsaturated/α-hetero) is 1. The molecule has 2 nitrogen and oxygen atoms in total. The predicted molar refractivity (Wildman–Crippen MR) is 71.3 cm³/mol. The predicted octanol–water partition coefficient (Wildman–Crippen LogP) is 3.84. The van der Waals surface area contributed by atoms with Crippen molar-refractivity contribution in [3.05, 3.63) is 27.7 Å². The summed E-state index contributed by atoms with van der Waals surface area (Å²) in [6.45, 7) is 1.98. The quantitative estimate of drug-likeness (QED) is 0.814. The molecule has 0 N–H and O–H groups in total. The molecule has 0 saturated heterocycles. The van der Waals surface area contributed by atoms with E-state index in [1.54, 1.807) is 11.3 Å². The first kappa shape index (κ1) is 12.5. The summed E-state index contributed by atoms with van der Waals surface area (Å²) in [5.74, 6) is 0.275. The third kappa shape index (κ3) is 3.77. The molecule has 1 aliphatic rings. The van der Waals surface area contributed by atoms with Crippen LogP contribution in [0.4, 0.5) is 0 Å². The van der Waals surface area contributed by atoms with Gasteiger partial charge in [-0.1, -0.05) is 18.9 Å². The van der Waals surface area contributed by atoms with Crippen molar-refractivity contribution in [3.8, 4) is 0 Å². The molecule has 0 bridgehead atoms. The molecule has 3 heteroatoms. The molecule has 1 aliphatic carbocycles. The smallest absolute Gasteiger partial charge is 0.164 e. The number of allylic oxidation sites excluding steroid dienone is 2. The Kier molecular flexibility index (Phi) is 4.49. The molecule has 1 heterocycles. The molecule has 0 aliphatic heterocycles. The average molecular weight is 249 g/mol. The van der Waals surface area contributed by atoms with Crippen LogP contribution in [-0.2, 0) is 11.2 Å². The highest BCUT2D eigenvalue weighted by Crippen LogP contribution is 2.19. The van der Waals surface area contributed by atoms with E-state index in [9.17, 15) is 4.79 Å². The number of aromatic nitrogens is 1. The van der Waals surface area contributed by atoms with Crippen LogP contribution < -0.4 is 0 Å². The minimum absolute atomic E-state index is 0.275. The highest BCUT2D eigenvalue weighted by atomic mass is 32.1. The molecule has 0 radical (unpaired) electrons. The summed E-state index contributed by atoms with van der Waals surface area (Å²) in [6.07, 6.45) is 9.62. The maximum absolute atomic E-state index is 12.1. The second kappa shape index (κ2) is 6.10. The number of hydrogen-bond acceptors (Lipinski definition) is 3. The van der Waals surface area contributed by atoms with Crippen LogP contribution in [-0.4, -0.2) is 10.8 Å². The van der Waals surface area contributed by atoms with Crippen molar-refractivity contribution < 1.29 is 4.79 Å². The molecule has 0 spiro atoms. The largest absolute Gasteiger partial charge is 0.294 e. The van der Waals surface area contributed by atoms with Crippen molar-refractivity contribution in [1.82, 2.24) is 4.98 Å². The summed E-state index contributed by atoms with van der Waals surface area (Å²) in [5.41, 5.74) is 1.97. The summed E-state index contributed by atoms with van der Waals surface area (Å²) in [4.78, 5) is 16.5. The van der Waals surface area contributed by atoms with E-state index < -0.39 is 0 Å². The molecule has 0 fully saturated rings. The van der Waals surface area contributed by atoms with Crippen molar-refractivity contribution in [2.75, 3.05) is 0 Å². The fourth-order valence-electron chi connectivity index (χ4n) is 2.21. The number of nitrogens with zero attached hydrogens (tertiary/aromatic N) is 1. The van der Waals surface area contributed by atoms with Gasteiger partial charge in [0.05, 0.1) is 17.1 Å². The van der Waals surface area contributed by atoms with E-state index in [-0.39, 0.29) is 5.78 Å². The number of carbonyl (C=O) groups is 1. The number of thiazole rings is 1. The first-order valence-corrected chi connectivity index (χ1v) is 7.27. The van der Waals surface area contributed by atoms with E-state index >= 15 is 0 Å². The lowest BCUT2D eigenvalue weighted by atomic mass is 9.95. The van der Waals surface area contributed by atoms with Gasteiger partial charge in [-0.2, -0.15) is 0 Å². The zero-order valence-corrected chi connectivity index (χ0v) is 11.2. The summed E-state index contributed by atoms with van der Waals surface area (Å²) in [6, 6.07) is 0. The van der Waals surface area contributed by atoms with E-state index in [1.807, 2.05) is 12.3 Å². The van der Waals surface area contributed by atoms with Crippen molar-refractivity contribution in [2.24, 2.45) is 0 Å². The fraction of sp³-hybridized carbons (Fsp3) is 0.571. The minimum Gasteiger partial charge on any atom is -0.294 e. The number of rotatable bonds is 3. The van der Waals surface area contributed by atoms with Crippen molar-refractivity contribution in [3.63, 3.8) is 0 Å². The summed E-state index contributed by atoms with van der Waals surface area (Å²) < 4.78 is 0. The van der Waals surface area contributed by atoms with Gasteiger partial charge in [0.25, 0.3) is 0 Å². The van der Waals surface area contributed by atoms with Crippen LogP contribution in [0.15, 0.2) is 17.0 Å². The maximum atomic E-state index is 12.1. The molecule has 0 saturated carbocycles. The molecule has 0 unspecified atom stereocenters. The number of ketones is 1. The Balaban J connectivity index is 1.98. The Morgan fingerprint density at radius 2 is 2.18 bits per heavy atom. The van der Waals surface area contributed by atoms with E-state index in [4.69, 9.17) is 0 Å². The first-order chi connectivity index (χ1) is 8.25. The third-order valence-corrected chi connectivity index (χ3v) is 3.98. The van der Waals surface area contributed by atoms with E-state index in [2.05, 4.69) is 11.1 Å². The SMILES string of the molecule is Cc1nc(CC(=O)C2=CCCCCCC2)cs1. The standard InChI is InChI=1S/C14H19NOS/c1-11-15-13(10-17-11)9-14(16)12-7-5-3-2-4-6-8-12/h7,10H,2-6,8-9H2,1H3. The summed E-state index contributed by atoms with van der Waals surface area (Å²) >= 11 is 1.62. The Labute approximate surface area is 107 Å². The van der Waals surface area contributed by atoms with Gasteiger partial charge in [-0.05, 0) is 38.2 Å². The van der Waals surface area contributed by atoms with Gasteiger partial charge in [0.2, 0.25) is 0 Å². The van der Waals surface area contributed by atoms with Gasteiger partial charge in [0.15, 0.2) is 5.78 Å². The van der Waals surface area contributed by atoms with Crippen LogP contribution in [0, 0.1) is 6.92 Å². The van der Waals surface area contributed by atoms with Gasteiger partial charge in [0, 0.05) is 5.38 Å². The zero-order chi connectivity index (χ0) is 12.1. The minimum atomic E-state index is 0.275. The van der Waals surface area contributed by atoms with Crippen molar-refractivity contribution in [1.29, 1.82) is 0 Å². The molecule has 0 atom stereocenters. The van der Waals surface area contributed by atoms with Crippen LogP contribution in [0.1, 0.15) is 49.2 Å². The monoisotopic (exact) mass is 249 g/mol. The lowest BCUT2D eigenvalue weighted by Crippen LogP contribution is -2.08. The molecule has 1 aromatic heterocycles. The molecule has 1 aromatic rings. The third-order valence-electron chi connectivity index (χ3n) is 3.16. The van der Waals surface area contributed by atoms with E-state index in [0.29, 0.717) is 6.42 Å². The number of aryl methyl sites for hydroxylation is 1. The van der Waals surface area contributed by atoms with Crippen LogP contribution >= 0.6 is 11.3 Å². The van der Waals surface area contributed by atoms with Gasteiger partial charge in [-0.15, -0.1) is 11.3 Å².